The Morgan fingerprint density at radius 3 is 3.00 bits per heavy atom. The minimum absolute atomic E-state index is 0.132. The van der Waals surface area contributed by atoms with Gasteiger partial charge in [0, 0.05) is 29.2 Å². The molecule has 1 heterocycles. The van der Waals surface area contributed by atoms with Gasteiger partial charge in [0.2, 0.25) is 0 Å². The van der Waals surface area contributed by atoms with E-state index < -0.39 is 0 Å². The molecular formula is C14H19BrN2O. The Labute approximate surface area is 117 Å². The fraction of sp³-hybridized carbons (Fsp3) is 0.500. The molecule has 1 aliphatic heterocycles. The van der Waals surface area contributed by atoms with Gasteiger partial charge in [0.15, 0.2) is 0 Å². The molecule has 0 aliphatic carbocycles. The predicted octanol–water partition coefficient (Wildman–Crippen LogP) is 2.66. The highest BCUT2D eigenvalue weighted by Gasteiger charge is 2.24. The number of carbonyl (C=O) groups is 1. The summed E-state index contributed by atoms with van der Waals surface area (Å²) in [6.07, 6.45) is 2.24. The van der Waals surface area contributed by atoms with Crippen molar-refractivity contribution in [2.45, 2.75) is 25.8 Å². The number of piperidine rings is 1. The molecule has 1 aromatic rings. The van der Waals surface area contributed by atoms with Crippen molar-refractivity contribution in [3.63, 3.8) is 0 Å². The number of nitrogens with one attached hydrogen (secondary N) is 1. The third-order valence-electron chi connectivity index (χ3n) is 3.38. The molecule has 0 radical (unpaired) electrons. The normalized spacial score (nSPS) is 19.6. The van der Waals surface area contributed by atoms with Gasteiger partial charge in [0.25, 0.3) is 5.91 Å². The van der Waals surface area contributed by atoms with E-state index in [1.54, 1.807) is 0 Å². The van der Waals surface area contributed by atoms with Crippen LogP contribution in [0.2, 0.25) is 0 Å². The molecular weight excluding hydrogens is 292 g/mol. The largest absolute Gasteiger partial charge is 0.335 e. The number of hydrogen-bond acceptors (Lipinski definition) is 2. The summed E-state index contributed by atoms with van der Waals surface area (Å²) < 4.78 is 0.950. The minimum Gasteiger partial charge on any atom is -0.335 e. The lowest BCUT2D eigenvalue weighted by atomic mass is 10.0. The first-order valence-electron chi connectivity index (χ1n) is 6.49. The van der Waals surface area contributed by atoms with E-state index in [0.717, 1.165) is 42.5 Å². The van der Waals surface area contributed by atoms with Crippen molar-refractivity contribution in [2.24, 2.45) is 0 Å². The molecule has 18 heavy (non-hydrogen) atoms. The number of benzene rings is 1. The summed E-state index contributed by atoms with van der Waals surface area (Å²) in [5.74, 6) is 0.132. The average molecular weight is 311 g/mol. The smallest absolute Gasteiger partial charge is 0.254 e. The van der Waals surface area contributed by atoms with Crippen molar-refractivity contribution < 1.29 is 4.79 Å². The molecule has 1 fully saturated rings. The number of halogens is 1. The molecule has 0 spiro atoms. The number of carbonyl (C=O) groups excluding carboxylic acids is 1. The zero-order valence-corrected chi connectivity index (χ0v) is 12.2. The monoisotopic (exact) mass is 310 g/mol. The molecule has 1 N–H and O–H groups in total. The Hall–Kier alpha value is -0.870. The van der Waals surface area contributed by atoms with Crippen LogP contribution >= 0.6 is 15.9 Å². The van der Waals surface area contributed by atoms with Crippen molar-refractivity contribution >= 4 is 21.8 Å². The second kappa shape index (κ2) is 6.34. The molecule has 1 aromatic carbocycles. The molecule has 98 valence electrons. The van der Waals surface area contributed by atoms with Crippen LogP contribution in [0.4, 0.5) is 0 Å². The van der Waals surface area contributed by atoms with Crippen LogP contribution in [0.1, 0.15) is 30.1 Å². The highest BCUT2D eigenvalue weighted by molar-refractivity contribution is 9.10. The molecule has 1 atom stereocenters. The zero-order chi connectivity index (χ0) is 13.0. The quantitative estimate of drug-likeness (QED) is 0.931. The predicted molar refractivity (Wildman–Crippen MR) is 76.7 cm³/mol. The van der Waals surface area contributed by atoms with Crippen molar-refractivity contribution in [1.82, 2.24) is 10.2 Å². The van der Waals surface area contributed by atoms with Crippen molar-refractivity contribution in [2.75, 3.05) is 19.6 Å². The Bertz CT molecular complexity index is 416. The molecule has 1 saturated heterocycles. The third-order valence-corrected chi connectivity index (χ3v) is 3.88. The molecule has 1 amide bonds. The van der Waals surface area contributed by atoms with Gasteiger partial charge in [-0.25, -0.2) is 0 Å². The molecule has 4 heteroatoms. The van der Waals surface area contributed by atoms with Gasteiger partial charge >= 0.3 is 0 Å². The van der Waals surface area contributed by atoms with Crippen LogP contribution in [-0.4, -0.2) is 36.5 Å². The highest BCUT2D eigenvalue weighted by atomic mass is 79.9. The van der Waals surface area contributed by atoms with Crippen LogP contribution in [0.3, 0.4) is 0 Å². The maximum Gasteiger partial charge on any atom is 0.254 e. The van der Waals surface area contributed by atoms with E-state index in [9.17, 15) is 4.79 Å². The van der Waals surface area contributed by atoms with E-state index in [1.807, 2.05) is 36.1 Å². The standard InChI is InChI=1S/C14H19BrN2O/c1-2-17(13-7-4-8-16-10-13)14(18)11-5-3-6-12(15)9-11/h3,5-6,9,13,16H,2,4,7-8,10H2,1H3. The Morgan fingerprint density at radius 1 is 1.56 bits per heavy atom. The molecule has 0 saturated carbocycles. The Kier molecular flexibility index (Phi) is 4.78. The Morgan fingerprint density at radius 2 is 2.39 bits per heavy atom. The first-order valence-corrected chi connectivity index (χ1v) is 7.29. The van der Waals surface area contributed by atoms with Crippen LogP contribution in [0, 0.1) is 0 Å². The summed E-state index contributed by atoms with van der Waals surface area (Å²) in [5, 5.41) is 3.36. The van der Waals surface area contributed by atoms with E-state index in [4.69, 9.17) is 0 Å². The van der Waals surface area contributed by atoms with E-state index in [-0.39, 0.29) is 5.91 Å². The molecule has 2 rings (SSSR count). The van der Waals surface area contributed by atoms with E-state index in [1.165, 1.54) is 0 Å². The lowest BCUT2D eigenvalue weighted by Gasteiger charge is -2.34. The van der Waals surface area contributed by atoms with Crippen LogP contribution in [0.15, 0.2) is 28.7 Å². The molecule has 3 nitrogen and oxygen atoms in total. The molecule has 1 aliphatic rings. The van der Waals surface area contributed by atoms with Gasteiger partial charge in [0.05, 0.1) is 0 Å². The third kappa shape index (κ3) is 3.12. The van der Waals surface area contributed by atoms with Gasteiger partial charge in [-0.2, -0.15) is 0 Å². The van der Waals surface area contributed by atoms with Gasteiger partial charge in [-0.05, 0) is 44.5 Å². The number of nitrogens with zero attached hydrogens (tertiary/aromatic N) is 1. The van der Waals surface area contributed by atoms with Gasteiger partial charge in [-0.3, -0.25) is 4.79 Å². The molecule has 0 bridgehead atoms. The second-order valence-corrected chi connectivity index (χ2v) is 5.52. The number of likely N-dealkylation sites (N-methyl/N-ethyl adjacent to an activating group) is 1. The minimum atomic E-state index is 0.132. The van der Waals surface area contributed by atoms with Gasteiger partial charge in [-0.1, -0.05) is 22.0 Å². The molecule has 1 unspecified atom stereocenters. The van der Waals surface area contributed by atoms with E-state index in [0.29, 0.717) is 6.04 Å². The SMILES string of the molecule is CCN(C(=O)c1cccc(Br)c1)C1CCCNC1. The number of rotatable bonds is 3. The summed E-state index contributed by atoms with van der Waals surface area (Å²) in [6.45, 7) is 4.79. The molecule has 0 aromatic heterocycles. The average Bonchev–Trinajstić information content (AvgIpc) is 2.41. The zero-order valence-electron chi connectivity index (χ0n) is 10.7. The van der Waals surface area contributed by atoms with Crippen LogP contribution in [0.5, 0.6) is 0 Å². The fourth-order valence-corrected chi connectivity index (χ4v) is 2.85. The van der Waals surface area contributed by atoms with Crippen molar-refractivity contribution in [3.8, 4) is 0 Å². The number of amides is 1. The van der Waals surface area contributed by atoms with E-state index in [2.05, 4.69) is 21.2 Å². The fourth-order valence-electron chi connectivity index (χ4n) is 2.45. The van der Waals surface area contributed by atoms with Crippen LogP contribution in [0.25, 0.3) is 0 Å². The highest BCUT2D eigenvalue weighted by Crippen LogP contribution is 2.17. The summed E-state index contributed by atoms with van der Waals surface area (Å²) in [5.41, 5.74) is 0.761. The van der Waals surface area contributed by atoms with Gasteiger partial charge in [0.1, 0.15) is 0 Å². The lowest BCUT2D eigenvalue weighted by Crippen LogP contribution is -2.48. The summed E-state index contributed by atoms with van der Waals surface area (Å²) in [4.78, 5) is 14.5. The number of hydrogen-bond donors (Lipinski definition) is 1. The van der Waals surface area contributed by atoms with E-state index >= 15 is 0 Å². The lowest BCUT2D eigenvalue weighted by molar-refractivity contribution is 0.0662. The topological polar surface area (TPSA) is 32.3 Å². The second-order valence-electron chi connectivity index (χ2n) is 4.60. The summed E-state index contributed by atoms with van der Waals surface area (Å²) in [6, 6.07) is 7.95. The van der Waals surface area contributed by atoms with Crippen LogP contribution in [-0.2, 0) is 0 Å². The first-order chi connectivity index (χ1) is 8.72. The maximum absolute atomic E-state index is 12.5. The maximum atomic E-state index is 12.5. The first kappa shape index (κ1) is 13.6. The van der Waals surface area contributed by atoms with Crippen LogP contribution < -0.4 is 5.32 Å². The van der Waals surface area contributed by atoms with Crippen molar-refractivity contribution in [1.29, 1.82) is 0 Å². The van der Waals surface area contributed by atoms with Crippen molar-refractivity contribution in [3.05, 3.63) is 34.3 Å². The van der Waals surface area contributed by atoms with Gasteiger partial charge < -0.3 is 10.2 Å². The Balaban J connectivity index is 2.14. The summed E-state index contributed by atoms with van der Waals surface area (Å²) in [7, 11) is 0. The summed E-state index contributed by atoms with van der Waals surface area (Å²) >= 11 is 3.41. The van der Waals surface area contributed by atoms with Gasteiger partial charge in [-0.15, -0.1) is 0 Å².